The van der Waals surface area contributed by atoms with Gasteiger partial charge in [0.15, 0.2) is 17.3 Å². The predicted octanol–water partition coefficient (Wildman–Crippen LogP) is 4.38. The van der Waals surface area contributed by atoms with Gasteiger partial charge in [-0.15, -0.1) is 0 Å². The van der Waals surface area contributed by atoms with Gasteiger partial charge in [0.05, 0.1) is 28.4 Å². The maximum atomic E-state index is 12.5. The lowest BCUT2D eigenvalue weighted by Crippen LogP contribution is -2.00. The summed E-state index contributed by atoms with van der Waals surface area (Å²) in [6, 6.07) is 8.81. The molecule has 0 aliphatic carbocycles. The molecule has 6 heteroatoms. The first-order valence-corrected chi connectivity index (χ1v) is 8.19. The van der Waals surface area contributed by atoms with Gasteiger partial charge in [0.2, 0.25) is 5.75 Å². The highest BCUT2D eigenvalue weighted by Gasteiger charge is 2.15. The number of ether oxygens (including phenoxy) is 4. The molecule has 0 unspecified atom stereocenters. The van der Waals surface area contributed by atoms with E-state index in [1.807, 2.05) is 18.2 Å². The summed E-state index contributed by atoms with van der Waals surface area (Å²) in [7, 11) is 6.12. The van der Waals surface area contributed by atoms with Crippen LogP contribution in [0, 0.1) is 0 Å². The van der Waals surface area contributed by atoms with Crippen molar-refractivity contribution in [2.75, 3.05) is 28.4 Å². The SMILES string of the molecule is COc1ccc(Br)cc1/C=C/C(=O)c1cc(OC)c(OC)c(OC)c1. The van der Waals surface area contributed by atoms with E-state index in [9.17, 15) is 4.79 Å². The van der Waals surface area contributed by atoms with E-state index in [1.165, 1.54) is 27.4 Å². The lowest BCUT2D eigenvalue weighted by Gasteiger charge is -2.13. The molecular formula is C19H19BrO5. The number of rotatable bonds is 7. The van der Waals surface area contributed by atoms with Crippen molar-refractivity contribution in [3.05, 3.63) is 52.0 Å². The number of carbonyl (C=O) groups excluding carboxylic acids is 1. The van der Waals surface area contributed by atoms with Crippen LogP contribution in [-0.4, -0.2) is 34.2 Å². The van der Waals surface area contributed by atoms with Gasteiger partial charge < -0.3 is 18.9 Å². The highest BCUT2D eigenvalue weighted by Crippen LogP contribution is 2.38. The average Bonchev–Trinajstić information content (AvgIpc) is 2.64. The summed E-state index contributed by atoms with van der Waals surface area (Å²) in [5.41, 5.74) is 1.22. The molecule has 0 amide bonds. The number of hydrogen-bond acceptors (Lipinski definition) is 5. The van der Waals surface area contributed by atoms with Crippen LogP contribution in [0.4, 0.5) is 0 Å². The quantitative estimate of drug-likeness (QED) is 0.504. The number of hydrogen-bond donors (Lipinski definition) is 0. The maximum absolute atomic E-state index is 12.5. The van der Waals surface area contributed by atoms with Crippen LogP contribution < -0.4 is 18.9 Å². The molecule has 0 spiro atoms. The van der Waals surface area contributed by atoms with Crippen molar-refractivity contribution in [3.63, 3.8) is 0 Å². The van der Waals surface area contributed by atoms with Crippen molar-refractivity contribution < 1.29 is 23.7 Å². The minimum atomic E-state index is -0.193. The third-order valence-electron chi connectivity index (χ3n) is 3.56. The van der Waals surface area contributed by atoms with Crippen LogP contribution in [0.1, 0.15) is 15.9 Å². The Morgan fingerprint density at radius 3 is 2.00 bits per heavy atom. The molecular weight excluding hydrogens is 388 g/mol. The third kappa shape index (κ3) is 4.33. The van der Waals surface area contributed by atoms with Gasteiger partial charge in [-0.05, 0) is 42.5 Å². The molecule has 0 saturated heterocycles. The van der Waals surface area contributed by atoms with E-state index < -0.39 is 0 Å². The first-order valence-electron chi connectivity index (χ1n) is 7.40. The normalized spacial score (nSPS) is 10.6. The van der Waals surface area contributed by atoms with Crippen molar-refractivity contribution in [1.82, 2.24) is 0 Å². The molecule has 2 rings (SSSR count). The van der Waals surface area contributed by atoms with E-state index in [-0.39, 0.29) is 5.78 Å². The molecule has 0 radical (unpaired) electrons. The molecule has 0 aromatic heterocycles. The molecule has 2 aromatic carbocycles. The molecule has 0 saturated carbocycles. The summed E-state index contributed by atoms with van der Waals surface area (Å²) in [6.45, 7) is 0. The van der Waals surface area contributed by atoms with Crippen LogP contribution in [0.2, 0.25) is 0 Å². The predicted molar refractivity (Wildman–Crippen MR) is 100 cm³/mol. The Morgan fingerprint density at radius 1 is 0.880 bits per heavy atom. The van der Waals surface area contributed by atoms with Crippen molar-refractivity contribution >= 4 is 27.8 Å². The second-order valence-electron chi connectivity index (χ2n) is 5.00. The van der Waals surface area contributed by atoms with Crippen LogP contribution in [0.15, 0.2) is 40.9 Å². The van der Waals surface area contributed by atoms with E-state index in [1.54, 1.807) is 25.3 Å². The van der Waals surface area contributed by atoms with E-state index in [2.05, 4.69) is 15.9 Å². The fourth-order valence-electron chi connectivity index (χ4n) is 2.32. The Labute approximate surface area is 155 Å². The number of benzene rings is 2. The number of carbonyl (C=O) groups is 1. The summed E-state index contributed by atoms with van der Waals surface area (Å²) < 4.78 is 22.0. The van der Waals surface area contributed by atoms with Crippen molar-refractivity contribution in [1.29, 1.82) is 0 Å². The highest BCUT2D eigenvalue weighted by molar-refractivity contribution is 9.10. The van der Waals surface area contributed by atoms with Crippen LogP contribution in [0.3, 0.4) is 0 Å². The summed E-state index contributed by atoms with van der Waals surface area (Å²) >= 11 is 3.41. The zero-order valence-corrected chi connectivity index (χ0v) is 16.0. The standard InChI is InChI=1S/C19H19BrO5/c1-22-16-8-6-14(20)9-12(16)5-7-15(21)13-10-17(23-2)19(25-4)18(11-13)24-3/h5-11H,1-4H3/b7-5+. The topological polar surface area (TPSA) is 54.0 Å². The Balaban J connectivity index is 2.37. The van der Waals surface area contributed by atoms with Crippen LogP contribution in [0.5, 0.6) is 23.0 Å². The van der Waals surface area contributed by atoms with Crippen molar-refractivity contribution in [3.8, 4) is 23.0 Å². The van der Waals surface area contributed by atoms with Gasteiger partial charge in [0.25, 0.3) is 0 Å². The monoisotopic (exact) mass is 406 g/mol. The fraction of sp³-hybridized carbons (Fsp3) is 0.211. The van der Waals surface area contributed by atoms with E-state index in [0.717, 1.165) is 10.0 Å². The third-order valence-corrected chi connectivity index (χ3v) is 4.05. The molecule has 0 bridgehead atoms. The van der Waals surface area contributed by atoms with Gasteiger partial charge in [0.1, 0.15) is 5.75 Å². The molecule has 0 heterocycles. The fourth-order valence-corrected chi connectivity index (χ4v) is 2.70. The first kappa shape index (κ1) is 18.9. The molecule has 0 N–H and O–H groups in total. The minimum absolute atomic E-state index is 0.193. The molecule has 0 fully saturated rings. The Bertz CT molecular complexity index is 773. The summed E-state index contributed by atoms with van der Waals surface area (Å²) in [5, 5.41) is 0. The van der Waals surface area contributed by atoms with Gasteiger partial charge in [-0.2, -0.15) is 0 Å². The van der Waals surface area contributed by atoms with Gasteiger partial charge in [-0.1, -0.05) is 15.9 Å². The molecule has 0 aliphatic rings. The van der Waals surface area contributed by atoms with Gasteiger partial charge in [-0.25, -0.2) is 0 Å². The van der Waals surface area contributed by atoms with E-state index in [4.69, 9.17) is 18.9 Å². The summed E-state index contributed by atoms with van der Waals surface area (Å²) in [5.74, 6) is 1.79. The largest absolute Gasteiger partial charge is 0.496 e. The lowest BCUT2D eigenvalue weighted by atomic mass is 10.1. The molecule has 5 nitrogen and oxygen atoms in total. The summed E-state index contributed by atoms with van der Waals surface area (Å²) in [4.78, 5) is 12.5. The average molecular weight is 407 g/mol. The first-order chi connectivity index (χ1) is 12.0. The maximum Gasteiger partial charge on any atom is 0.203 e. The van der Waals surface area contributed by atoms with Crippen LogP contribution in [-0.2, 0) is 0 Å². The summed E-state index contributed by atoms with van der Waals surface area (Å²) in [6.07, 6.45) is 3.18. The Morgan fingerprint density at radius 2 is 1.48 bits per heavy atom. The number of methoxy groups -OCH3 is 4. The van der Waals surface area contributed by atoms with Crippen LogP contribution >= 0.6 is 15.9 Å². The molecule has 0 atom stereocenters. The number of ketones is 1. The Kier molecular flexibility index (Phi) is 6.47. The van der Waals surface area contributed by atoms with Gasteiger partial charge in [0, 0.05) is 15.6 Å². The molecule has 25 heavy (non-hydrogen) atoms. The second kappa shape index (κ2) is 8.58. The Hall–Kier alpha value is -2.47. The van der Waals surface area contributed by atoms with E-state index in [0.29, 0.717) is 28.6 Å². The second-order valence-corrected chi connectivity index (χ2v) is 5.91. The lowest BCUT2D eigenvalue weighted by molar-refractivity contribution is 0.104. The molecule has 132 valence electrons. The van der Waals surface area contributed by atoms with Crippen LogP contribution in [0.25, 0.3) is 6.08 Å². The van der Waals surface area contributed by atoms with Gasteiger partial charge >= 0.3 is 0 Å². The van der Waals surface area contributed by atoms with Gasteiger partial charge in [-0.3, -0.25) is 4.79 Å². The molecule has 2 aromatic rings. The zero-order valence-electron chi connectivity index (χ0n) is 14.5. The highest BCUT2D eigenvalue weighted by atomic mass is 79.9. The number of halogens is 1. The van der Waals surface area contributed by atoms with Crippen molar-refractivity contribution in [2.45, 2.75) is 0 Å². The minimum Gasteiger partial charge on any atom is -0.496 e. The number of allylic oxidation sites excluding steroid dienone is 1. The zero-order chi connectivity index (χ0) is 18.4. The molecule has 0 aliphatic heterocycles. The smallest absolute Gasteiger partial charge is 0.203 e. The van der Waals surface area contributed by atoms with Crippen molar-refractivity contribution in [2.24, 2.45) is 0 Å². The van der Waals surface area contributed by atoms with E-state index >= 15 is 0 Å².